The van der Waals surface area contributed by atoms with Crippen LogP contribution in [0, 0.1) is 25.2 Å². The van der Waals surface area contributed by atoms with Crippen LogP contribution >= 0.6 is 0 Å². The number of likely N-dealkylation sites (tertiary alicyclic amines) is 1. The Bertz CT molecular complexity index is 827. The first-order valence-electron chi connectivity index (χ1n) is 8.44. The van der Waals surface area contributed by atoms with E-state index in [4.69, 9.17) is 5.26 Å². The Balaban J connectivity index is 1.69. The first kappa shape index (κ1) is 16.9. The van der Waals surface area contributed by atoms with E-state index in [1.165, 1.54) is 0 Å². The van der Waals surface area contributed by atoms with E-state index in [9.17, 15) is 4.79 Å². The zero-order chi connectivity index (χ0) is 17.8. The molecule has 2 aromatic rings. The number of nitriles is 1. The standard InChI is InChI=1S/C19H21N5O/c1-13-5-3-7-18(22-13)21-12-16-6-4-10-24(16)19(25)17-9-8-15(11-20)14(2)23-17/h3,5,7-9,16H,4,6,10,12H2,1-2H3,(H,21,22). The van der Waals surface area contributed by atoms with Crippen molar-refractivity contribution >= 4 is 11.7 Å². The Morgan fingerprint density at radius 1 is 1.32 bits per heavy atom. The molecule has 1 fully saturated rings. The minimum Gasteiger partial charge on any atom is -0.368 e. The van der Waals surface area contributed by atoms with E-state index in [0.717, 1.165) is 30.9 Å². The van der Waals surface area contributed by atoms with Crippen molar-refractivity contribution in [1.29, 1.82) is 5.26 Å². The van der Waals surface area contributed by atoms with Crippen molar-refractivity contribution in [2.45, 2.75) is 32.7 Å². The summed E-state index contributed by atoms with van der Waals surface area (Å²) >= 11 is 0. The Kier molecular flexibility index (Phi) is 4.94. The SMILES string of the molecule is Cc1cccc(NCC2CCCN2C(=O)c2ccc(C#N)c(C)n2)n1. The molecule has 0 aromatic carbocycles. The molecule has 0 saturated carbocycles. The van der Waals surface area contributed by atoms with Crippen LogP contribution in [-0.4, -0.2) is 39.9 Å². The largest absolute Gasteiger partial charge is 0.368 e. The number of hydrogen-bond donors (Lipinski definition) is 1. The van der Waals surface area contributed by atoms with Gasteiger partial charge in [0, 0.05) is 24.8 Å². The van der Waals surface area contributed by atoms with Crippen LogP contribution in [0.1, 0.15) is 40.3 Å². The summed E-state index contributed by atoms with van der Waals surface area (Å²) in [5.41, 5.74) is 2.45. The summed E-state index contributed by atoms with van der Waals surface area (Å²) < 4.78 is 0. The number of rotatable bonds is 4. The highest BCUT2D eigenvalue weighted by molar-refractivity contribution is 5.93. The smallest absolute Gasteiger partial charge is 0.272 e. The molecule has 0 aliphatic carbocycles. The van der Waals surface area contributed by atoms with Gasteiger partial charge in [-0.15, -0.1) is 0 Å². The zero-order valence-electron chi connectivity index (χ0n) is 14.5. The van der Waals surface area contributed by atoms with Gasteiger partial charge in [0.2, 0.25) is 0 Å². The first-order valence-corrected chi connectivity index (χ1v) is 8.44. The minimum absolute atomic E-state index is 0.0749. The number of nitrogens with zero attached hydrogens (tertiary/aromatic N) is 4. The second-order valence-corrected chi connectivity index (χ2v) is 6.28. The van der Waals surface area contributed by atoms with Crippen molar-refractivity contribution in [2.75, 3.05) is 18.4 Å². The third-order valence-electron chi connectivity index (χ3n) is 4.47. The van der Waals surface area contributed by atoms with Gasteiger partial charge in [-0.25, -0.2) is 9.97 Å². The lowest BCUT2D eigenvalue weighted by atomic mass is 10.1. The number of amides is 1. The molecule has 6 heteroatoms. The van der Waals surface area contributed by atoms with Crippen molar-refractivity contribution in [2.24, 2.45) is 0 Å². The molecular weight excluding hydrogens is 314 g/mol. The first-order chi connectivity index (χ1) is 12.1. The molecule has 128 valence electrons. The lowest BCUT2D eigenvalue weighted by Crippen LogP contribution is -2.40. The summed E-state index contributed by atoms with van der Waals surface area (Å²) in [6.07, 6.45) is 1.94. The van der Waals surface area contributed by atoms with Crippen LogP contribution in [0.15, 0.2) is 30.3 Å². The molecule has 1 aliphatic heterocycles. The fourth-order valence-corrected chi connectivity index (χ4v) is 3.12. The monoisotopic (exact) mass is 335 g/mol. The fourth-order valence-electron chi connectivity index (χ4n) is 3.12. The predicted molar refractivity (Wildman–Crippen MR) is 95.2 cm³/mol. The molecule has 3 rings (SSSR count). The number of carbonyl (C=O) groups is 1. The Hall–Kier alpha value is -2.94. The topological polar surface area (TPSA) is 81.9 Å². The number of carbonyl (C=O) groups excluding carboxylic acids is 1. The molecule has 3 heterocycles. The van der Waals surface area contributed by atoms with Gasteiger partial charge in [-0.1, -0.05) is 6.07 Å². The van der Waals surface area contributed by atoms with Gasteiger partial charge in [0.1, 0.15) is 17.6 Å². The Morgan fingerprint density at radius 2 is 2.16 bits per heavy atom. The lowest BCUT2D eigenvalue weighted by Gasteiger charge is -2.25. The Labute approximate surface area is 147 Å². The van der Waals surface area contributed by atoms with Crippen LogP contribution in [0.25, 0.3) is 0 Å². The van der Waals surface area contributed by atoms with E-state index in [1.54, 1.807) is 19.1 Å². The molecular formula is C19H21N5O. The summed E-state index contributed by atoms with van der Waals surface area (Å²) in [5, 5.41) is 12.3. The molecule has 1 N–H and O–H groups in total. The Morgan fingerprint density at radius 3 is 2.88 bits per heavy atom. The number of nitrogens with one attached hydrogen (secondary N) is 1. The highest BCUT2D eigenvalue weighted by Crippen LogP contribution is 2.20. The molecule has 0 radical (unpaired) electrons. The van der Waals surface area contributed by atoms with Gasteiger partial charge in [-0.2, -0.15) is 5.26 Å². The van der Waals surface area contributed by atoms with E-state index >= 15 is 0 Å². The van der Waals surface area contributed by atoms with Gasteiger partial charge in [-0.3, -0.25) is 4.79 Å². The fraction of sp³-hybridized carbons (Fsp3) is 0.368. The third kappa shape index (κ3) is 3.77. The van der Waals surface area contributed by atoms with Crippen LogP contribution in [0.5, 0.6) is 0 Å². The van der Waals surface area contributed by atoms with Crippen molar-refractivity contribution in [3.8, 4) is 6.07 Å². The molecule has 6 nitrogen and oxygen atoms in total. The summed E-state index contributed by atoms with van der Waals surface area (Å²) in [4.78, 5) is 23.4. The number of aromatic nitrogens is 2. The maximum Gasteiger partial charge on any atom is 0.272 e. The average Bonchev–Trinajstić information content (AvgIpc) is 3.08. The van der Waals surface area contributed by atoms with Gasteiger partial charge in [0.25, 0.3) is 5.91 Å². The average molecular weight is 335 g/mol. The van der Waals surface area contributed by atoms with Crippen LogP contribution in [0.4, 0.5) is 5.82 Å². The van der Waals surface area contributed by atoms with Crippen LogP contribution in [0.3, 0.4) is 0 Å². The molecule has 2 aromatic heterocycles. The van der Waals surface area contributed by atoms with E-state index in [1.807, 2.05) is 30.0 Å². The summed E-state index contributed by atoms with van der Waals surface area (Å²) in [7, 11) is 0. The number of hydrogen-bond acceptors (Lipinski definition) is 5. The van der Waals surface area contributed by atoms with E-state index in [-0.39, 0.29) is 11.9 Å². The van der Waals surface area contributed by atoms with Gasteiger partial charge in [-0.05, 0) is 51.0 Å². The molecule has 1 amide bonds. The molecule has 25 heavy (non-hydrogen) atoms. The lowest BCUT2D eigenvalue weighted by molar-refractivity contribution is 0.0737. The summed E-state index contributed by atoms with van der Waals surface area (Å²) in [5.74, 6) is 0.751. The van der Waals surface area contributed by atoms with Crippen molar-refractivity contribution < 1.29 is 4.79 Å². The number of aryl methyl sites for hydroxylation is 2. The van der Waals surface area contributed by atoms with Crippen molar-refractivity contribution in [3.63, 3.8) is 0 Å². The third-order valence-corrected chi connectivity index (χ3v) is 4.47. The minimum atomic E-state index is -0.0749. The van der Waals surface area contributed by atoms with Crippen molar-refractivity contribution in [1.82, 2.24) is 14.9 Å². The van der Waals surface area contributed by atoms with E-state index in [0.29, 0.717) is 23.5 Å². The maximum atomic E-state index is 12.8. The number of pyridine rings is 2. The molecule has 1 saturated heterocycles. The molecule has 1 unspecified atom stereocenters. The van der Waals surface area contributed by atoms with Crippen molar-refractivity contribution in [3.05, 3.63) is 53.0 Å². The maximum absolute atomic E-state index is 12.8. The second-order valence-electron chi connectivity index (χ2n) is 6.28. The number of anilines is 1. The normalized spacial score (nSPS) is 16.5. The zero-order valence-corrected chi connectivity index (χ0v) is 14.5. The van der Waals surface area contributed by atoms with Gasteiger partial charge >= 0.3 is 0 Å². The highest BCUT2D eigenvalue weighted by Gasteiger charge is 2.30. The summed E-state index contributed by atoms with van der Waals surface area (Å²) in [6, 6.07) is 11.3. The van der Waals surface area contributed by atoms with E-state index < -0.39 is 0 Å². The molecule has 1 aliphatic rings. The van der Waals surface area contributed by atoms with Crippen LogP contribution in [-0.2, 0) is 0 Å². The second kappa shape index (κ2) is 7.31. The van der Waals surface area contributed by atoms with Gasteiger partial charge in [0.05, 0.1) is 11.3 Å². The molecule has 0 spiro atoms. The van der Waals surface area contributed by atoms with Crippen LogP contribution in [0.2, 0.25) is 0 Å². The van der Waals surface area contributed by atoms with E-state index in [2.05, 4.69) is 21.4 Å². The highest BCUT2D eigenvalue weighted by atomic mass is 16.2. The quantitative estimate of drug-likeness (QED) is 0.929. The van der Waals surface area contributed by atoms with Crippen LogP contribution < -0.4 is 5.32 Å². The molecule has 1 atom stereocenters. The summed E-state index contributed by atoms with van der Waals surface area (Å²) in [6.45, 7) is 5.10. The van der Waals surface area contributed by atoms with Gasteiger partial charge in [0.15, 0.2) is 0 Å². The molecule has 0 bridgehead atoms. The van der Waals surface area contributed by atoms with Gasteiger partial charge < -0.3 is 10.2 Å². The predicted octanol–water partition coefficient (Wildman–Crippen LogP) is 2.68.